The second-order valence-corrected chi connectivity index (χ2v) is 9.00. The molecule has 1 aromatic heterocycles. The van der Waals surface area contributed by atoms with Crippen molar-refractivity contribution in [3.05, 3.63) is 42.2 Å². The molecule has 2 bridgehead atoms. The fourth-order valence-electron chi connectivity index (χ4n) is 4.65. The van der Waals surface area contributed by atoms with Gasteiger partial charge < -0.3 is 14.7 Å². The predicted octanol–water partition coefficient (Wildman–Crippen LogP) is 4.37. The highest BCUT2D eigenvalue weighted by Crippen LogP contribution is 2.45. The Kier molecular flexibility index (Phi) is 4.38. The van der Waals surface area contributed by atoms with Crippen LogP contribution in [0.4, 0.5) is 4.79 Å². The highest BCUT2D eigenvalue weighted by molar-refractivity contribution is 5.82. The average molecular weight is 368 g/mol. The van der Waals surface area contributed by atoms with Crippen molar-refractivity contribution >= 4 is 16.9 Å². The number of aromatic nitrogens is 1. The molecule has 0 saturated carbocycles. The number of hydrogen-bond acceptors (Lipinski definition) is 4. The Bertz CT molecular complexity index is 844. The number of fused-ring (bicyclic) bond motifs is 3. The number of amides is 1. The molecule has 5 heteroatoms. The zero-order valence-corrected chi connectivity index (χ0v) is 16.3. The van der Waals surface area contributed by atoms with E-state index in [0.29, 0.717) is 12.8 Å². The van der Waals surface area contributed by atoms with E-state index >= 15 is 0 Å². The highest BCUT2D eigenvalue weighted by atomic mass is 16.6. The van der Waals surface area contributed by atoms with Crippen LogP contribution in [0.1, 0.15) is 58.4 Å². The number of ether oxygens (including phenoxy) is 1. The number of benzene rings is 1. The van der Waals surface area contributed by atoms with Gasteiger partial charge in [0.15, 0.2) is 0 Å². The lowest BCUT2D eigenvalue weighted by molar-refractivity contribution is -0.0964. The third-order valence-electron chi connectivity index (χ3n) is 5.79. The minimum absolute atomic E-state index is 0.0190. The van der Waals surface area contributed by atoms with Crippen LogP contribution in [0.5, 0.6) is 0 Å². The lowest BCUT2D eigenvalue weighted by Gasteiger charge is -2.51. The summed E-state index contributed by atoms with van der Waals surface area (Å²) >= 11 is 0. The molecule has 1 aromatic carbocycles. The number of hydrogen-bond donors (Lipinski definition) is 1. The Balaban J connectivity index is 1.62. The van der Waals surface area contributed by atoms with E-state index in [4.69, 9.17) is 4.74 Å². The Morgan fingerprint density at radius 3 is 2.56 bits per heavy atom. The molecule has 2 atom stereocenters. The summed E-state index contributed by atoms with van der Waals surface area (Å²) in [7, 11) is 0. The topological polar surface area (TPSA) is 62.7 Å². The van der Waals surface area contributed by atoms with Gasteiger partial charge in [-0.1, -0.05) is 12.1 Å². The second-order valence-electron chi connectivity index (χ2n) is 9.00. The van der Waals surface area contributed by atoms with Crippen molar-refractivity contribution in [2.45, 2.75) is 76.2 Å². The fourth-order valence-corrected chi connectivity index (χ4v) is 4.65. The molecule has 0 aliphatic carbocycles. The number of pyridine rings is 1. The Labute approximate surface area is 160 Å². The molecule has 1 amide bonds. The zero-order chi connectivity index (χ0) is 19.2. The van der Waals surface area contributed by atoms with Crippen LogP contribution in [0.3, 0.4) is 0 Å². The first-order valence-electron chi connectivity index (χ1n) is 9.83. The van der Waals surface area contributed by atoms with E-state index in [1.165, 1.54) is 0 Å². The van der Waals surface area contributed by atoms with E-state index in [1.807, 2.05) is 50.1 Å². The molecule has 2 aliphatic rings. The van der Waals surface area contributed by atoms with Gasteiger partial charge in [-0.3, -0.25) is 4.98 Å². The number of rotatable bonds is 1. The minimum atomic E-state index is -0.911. The number of aliphatic hydroxyl groups is 1. The summed E-state index contributed by atoms with van der Waals surface area (Å²) in [5.41, 5.74) is -0.487. The summed E-state index contributed by atoms with van der Waals surface area (Å²) in [5, 5.41) is 13.7. The molecule has 27 heavy (non-hydrogen) atoms. The van der Waals surface area contributed by atoms with Gasteiger partial charge in [0.1, 0.15) is 5.60 Å². The van der Waals surface area contributed by atoms with Gasteiger partial charge in [-0.05, 0) is 63.1 Å². The van der Waals surface area contributed by atoms with Crippen molar-refractivity contribution in [3.8, 4) is 0 Å². The van der Waals surface area contributed by atoms with Crippen molar-refractivity contribution in [3.63, 3.8) is 0 Å². The summed E-state index contributed by atoms with van der Waals surface area (Å²) < 4.78 is 5.64. The molecule has 5 nitrogen and oxygen atoms in total. The Morgan fingerprint density at radius 1 is 1.19 bits per heavy atom. The summed E-state index contributed by atoms with van der Waals surface area (Å²) in [6.45, 7) is 5.68. The van der Waals surface area contributed by atoms with Crippen molar-refractivity contribution in [1.82, 2.24) is 9.88 Å². The molecule has 144 valence electrons. The van der Waals surface area contributed by atoms with Gasteiger partial charge >= 0.3 is 6.09 Å². The van der Waals surface area contributed by atoms with Gasteiger partial charge in [0.05, 0.1) is 5.60 Å². The SMILES string of the molecule is CC(C)(C)OC(=O)N1C2CCCC1CC(O)(c1ccc3cnccc3c1)C2. The van der Waals surface area contributed by atoms with Gasteiger partial charge in [0.2, 0.25) is 0 Å². The van der Waals surface area contributed by atoms with Crippen LogP contribution in [0, 0.1) is 0 Å². The Morgan fingerprint density at radius 2 is 1.89 bits per heavy atom. The van der Waals surface area contributed by atoms with E-state index in [0.717, 1.165) is 35.6 Å². The largest absolute Gasteiger partial charge is 0.444 e. The van der Waals surface area contributed by atoms with Crippen molar-refractivity contribution in [2.75, 3.05) is 0 Å². The number of carbonyl (C=O) groups excluding carboxylic acids is 1. The monoisotopic (exact) mass is 368 g/mol. The first-order valence-corrected chi connectivity index (χ1v) is 9.83. The summed E-state index contributed by atoms with van der Waals surface area (Å²) in [5.74, 6) is 0. The van der Waals surface area contributed by atoms with E-state index < -0.39 is 11.2 Å². The smallest absolute Gasteiger partial charge is 0.410 e. The third kappa shape index (κ3) is 3.53. The van der Waals surface area contributed by atoms with Crippen molar-refractivity contribution < 1.29 is 14.6 Å². The molecule has 3 heterocycles. The number of carbonyl (C=O) groups is 1. The molecule has 2 unspecified atom stereocenters. The molecule has 2 aliphatic heterocycles. The van der Waals surface area contributed by atoms with Crippen molar-refractivity contribution in [2.24, 2.45) is 0 Å². The second kappa shape index (κ2) is 6.48. The minimum Gasteiger partial charge on any atom is -0.444 e. The standard InChI is InChI=1S/C22H28N2O3/c1-21(2,3)27-20(25)24-18-5-4-6-19(24)13-22(26,12-18)17-8-7-16-14-23-10-9-15(16)11-17/h7-11,14,18-19,26H,4-6,12-13H2,1-3H3. The molecular formula is C22H28N2O3. The maximum absolute atomic E-state index is 12.8. The normalized spacial score (nSPS) is 28.2. The molecular weight excluding hydrogens is 340 g/mol. The maximum atomic E-state index is 12.8. The molecule has 0 radical (unpaired) electrons. The van der Waals surface area contributed by atoms with Crippen LogP contribution >= 0.6 is 0 Å². The molecule has 2 saturated heterocycles. The quantitative estimate of drug-likeness (QED) is 0.812. The third-order valence-corrected chi connectivity index (χ3v) is 5.79. The maximum Gasteiger partial charge on any atom is 0.410 e. The highest BCUT2D eigenvalue weighted by Gasteiger charge is 2.49. The van der Waals surface area contributed by atoms with E-state index in [2.05, 4.69) is 11.1 Å². The van der Waals surface area contributed by atoms with Crippen molar-refractivity contribution in [1.29, 1.82) is 0 Å². The van der Waals surface area contributed by atoms with Gasteiger partial charge in [0, 0.05) is 42.7 Å². The van der Waals surface area contributed by atoms with Gasteiger partial charge in [-0.15, -0.1) is 0 Å². The van der Waals surface area contributed by atoms with Gasteiger partial charge in [-0.25, -0.2) is 4.79 Å². The summed E-state index contributed by atoms with van der Waals surface area (Å²) in [4.78, 5) is 18.8. The van der Waals surface area contributed by atoms with Crippen LogP contribution in [-0.4, -0.2) is 38.8 Å². The van der Waals surface area contributed by atoms with E-state index in [-0.39, 0.29) is 18.2 Å². The molecule has 2 aromatic rings. The van der Waals surface area contributed by atoms with Crippen LogP contribution in [-0.2, 0) is 10.3 Å². The van der Waals surface area contributed by atoms with Gasteiger partial charge in [0.25, 0.3) is 0 Å². The van der Waals surface area contributed by atoms with Crippen LogP contribution in [0.2, 0.25) is 0 Å². The number of piperidine rings is 2. The average Bonchev–Trinajstić information content (AvgIpc) is 2.59. The fraction of sp³-hybridized carbons (Fsp3) is 0.545. The summed E-state index contributed by atoms with van der Waals surface area (Å²) in [6.07, 6.45) is 7.39. The zero-order valence-electron chi connectivity index (χ0n) is 16.3. The van der Waals surface area contributed by atoms with Crippen LogP contribution in [0.25, 0.3) is 10.8 Å². The number of nitrogens with zero attached hydrogens (tertiary/aromatic N) is 2. The lowest BCUT2D eigenvalue weighted by atomic mass is 9.72. The lowest BCUT2D eigenvalue weighted by Crippen LogP contribution is -2.59. The van der Waals surface area contributed by atoms with E-state index in [1.54, 1.807) is 6.20 Å². The van der Waals surface area contributed by atoms with Crippen LogP contribution in [0.15, 0.2) is 36.7 Å². The Hall–Kier alpha value is -2.14. The predicted molar refractivity (Wildman–Crippen MR) is 104 cm³/mol. The molecule has 0 spiro atoms. The molecule has 4 rings (SSSR count). The van der Waals surface area contributed by atoms with Crippen LogP contribution < -0.4 is 0 Å². The van der Waals surface area contributed by atoms with E-state index in [9.17, 15) is 9.90 Å². The summed E-state index contributed by atoms with van der Waals surface area (Å²) in [6, 6.07) is 8.10. The molecule has 2 fully saturated rings. The first-order chi connectivity index (χ1) is 12.8. The first kappa shape index (κ1) is 18.2. The van der Waals surface area contributed by atoms with Gasteiger partial charge in [-0.2, -0.15) is 0 Å². The molecule has 1 N–H and O–H groups in total.